The number of aliphatic hydroxyl groups is 1. The van der Waals surface area contributed by atoms with E-state index in [4.69, 9.17) is 10.5 Å². The van der Waals surface area contributed by atoms with Crippen LogP contribution in [0.3, 0.4) is 0 Å². The average molecular weight is 318 g/mol. The summed E-state index contributed by atoms with van der Waals surface area (Å²) >= 11 is 0. The summed E-state index contributed by atoms with van der Waals surface area (Å²) in [7, 11) is -2.14. The molecule has 0 radical (unpaired) electrons. The van der Waals surface area contributed by atoms with E-state index < -0.39 is 21.7 Å². The maximum atomic E-state index is 12.8. The van der Waals surface area contributed by atoms with E-state index in [1.165, 1.54) is 8.99 Å². The molecule has 21 heavy (non-hydrogen) atoms. The van der Waals surface area contributed by atoms with Gasteiger partial charge < -0.3 is 15.6 Å². The molecule has 2 rings (SSSR count). The van der Waals surface area contributed by atoms with Crippen molar-refractivity contribution >= 4 is 15.8 Å². The van der Waals surface area contributed by atoms with Crippen molar-refractivity contribution in [2.45, 2.75) is 37.4 Å². The number of hydrogen-bond donors (Lipinski definition) is 2. The minimum Gasteiger partial charge on any atom is -0.394 e. The topological polar surface area (TPSA) is 111 Å². The van der Waals surface area contributed by atoms with E-state index in [2.05, 4.69) is 5.10 Å². The number of nitrogen functional groups attached to an aromatic ring is 1. The van der Waals surface area contributed by atoms with Gasteiger partial charge in [-0.05, 0) is 20.8 Å². The average Bonchev–Trinajstić information content (AvgIpc) is 2.61. The van der Waals surface area contributed by atoms with Crippen LogP contribution in [-0.2, 0) is 21.8 Å². The first kappa shape index (κ1) is 16.2. The summed E-state index contributed by atoms with van der Waals surface area (Å²) in [6, 6.07) is 0. The Labute approximate surface area is 124 Å². The van der Waals surface area contributed by atoms with Crippen LogP contribution in [0.15, 0.2) is 4.90 Å². The number of aliphatic hydroxyl groups excluding tert-OH is 1. The molecule has 0 aromatic carbocycles. The molecule has 1 aromatic rings. The van der Waals surface area contributed by atoms with Crippen molar-refractivity contribution < 1.29 is 18.3 Å². The molecule has 0 saturated carbocycles. The largest absolute Gasteiger partial charge is 0.394 e. The fraction of sp³-hybridized carbons (Fsp3) is 0.750. The molecule has 0 aliphatic carbocycles. The van der Waals surface area contributed by atoms with E-state index in [9.17, 15) is 13.5 Å². The van der Waals surface area contributed by atoms with Crippen molar-refractivity contribution in [1.29, 1.82) is 0 Å². The Balaban J connectivity index is 2.43. The first-order chi connectivity index (χ1) is 9.58. The first-order valence-electron chi connectivity index (χ1n) is 6.66. The lowest BCUT2D eigenvalue weighted by atomic mass is 10.1. The van der Waals surface area contributed by atoms with Crippen molar-refractivity contribution in [2.24, 2.45) is 7.05 Å². The Kier molecular flexibility index (Phi) is 4.04. The number of nitrogens with two attached hydrogens (primary N) is 1. The summed E-state index contributed by atoms with van der Waals surface area (Å²) in [5.41, 5.74) is 5.56. The third-order valence-corrected chi connectivity index (χ3v) is 5.53. The second-order valence-electron chi connectivity index (χ2n) is 5.90. The predicted octanol–water partition coefficient (Wildman–Crippen LogP) is -0.529. The molecule has 0 amide bonds. The van der Waals surface area contributed by atoms with Crippen LogP contribution in [-0.4, -0.2) is 59.0 Å². The first-order valence-corrected chi connectivity index (χ1v) is 8.10. The number of hydrogen-bond acceptors (Lipinski definition) is 6. The molecule has 1 aliphatic heterocycles. The van der Waals surface area contributed by atoms with E-state index in [1.807, 2.05) is 0 Å². The molecule has 1 saturated heterocycles. The van der Waals surface area contributed by atoms with Gasteiger partial charge in [0.25, 0.3) is 0 Å². The molecule has 9 heteroatoms. The van der Waals surface area contributed by atoms with Crippen molar-refractivity contribution in [3.05, 3.63) is 5.69 Å². The molecule has 1 fully saturated rings. The number of aryl methyl sites for hydroxylation is 1. The summed E-state index contributed by atoms with van der Waals surface area (Å²) in [6.45, 7) is 5.28. The zero-order valence-electron chi connectivity index (χ0n) is 12.7. The minimum absolute atomic E-state index is 0.0140. The van der Waals surface area contributed by atoms with E-state index in [0.717, 1.165) is 0 Å². The maximum Gasteiger partial charge on any atom is 0.248 e. The van der Waals surface area contributed by atoms with Gasteiger partial charge in [0, 0.05) is 20.1 Å². The summed E-state index contributed by atoms with van der Waals surface area (Å²) in [4.78, 5) is 0.0272. The number of aromatic nitrogens is 2. The van der Waals surface area contributed by atoms with Gasteiger partial charge in [-0.25, -0.2) is 8.42 Å². The van der Waals surface area contributed by atoms with E-state index >= 15 is 0 Å². The number of sulfonamides is 1. The normalized spacial score (nSPS) is 23.4. The number of anilines is 1. The number of ether oxygens (including phenoxy) is 1. The fourth-order valence-electron chi connectivity index (χ4n) is 2.58. The van der Waals surface area contributed by atoms with Crippen LogP contribution in [0, 0.1) is 6.92 Å². The molecule has 3 N–H and O–H groups in total. The highest BCUT2D eigenvalue weighted by atomic mass is 32.2. The van der Waals surface area contributed by atoms with E-state index in [-0.39, 0.29) is 30.4 Å². The molecule has 2 heterocycles. The third-order valence-electron chi connectivity index (χ3n) is 3.56. The van der Waals surface area contributed by atoms with Crippen LogP contribution in [0.4, 0.5) is 5.82 Å². The monoisotopic (exact) mass is 318 g/mol. The molecule has 1 aliphatic rings. The Bertz CT molecular complexity index is 638. The quantitative estimate of drug-likeness (QED) is 0.775. The Morgan fingerprint density at radius 3 is 2.62 bits per heavy atom. The van der Waals surface area contributed by atoms with E-state index in [1.54, 1.807) is 27.8 Å². The van der Waals surface area contributed by atoms with Gasteiger partial charge in [0.2, 0.25) is 10.0 Å². The second kappa shape index (κ2) is 5.24. The molecule has 1 aromatic heterocycles. The van der Waals surface area contributed by atoms with Gasteiger partial charge in [0.1, 0.15) is 4.90 Å². The van der Waals surface area contributed by atoms with E-state index in [0.29, 0.717) is 5.69 Å². The summed E-state index contributed by atoms with van der Waals surface area (Å²) in [6.07, 6.45) is -0.554. The molecule has 0 spiro atoms. The van der Waals surface area contributed by atoms with Gasteiger partial charge in [-0.3, -0.25) is 4.68 Å². The Morgan fingerprint density at radius 2 is 2.14 bits per heavy atom. The molecule has 8 nitrogen and oxygen atoms in total. The van der Waals surface area contributed by atoms with Crippen LogP contribution >= 0.6 is 0 Å². The second-order valence-corrected chi connectivity index (χ2v) is 7.78. The van der Waals surface area contributed by atoms with Crippen molar-refractivity contribution in [2.75, 3.05) is 25.4 Å². The lowest BCUT2D eigenvalue weighted by Crippen LogP contribution is -2.55. The molecule has 1 atom stereocenters. The van der Waals surface area contributed by atoms with Crippen LogP contribution in [0.2, 0.25) is 0 Å². The van der Waals surface area contributed by atoms with Crippen molar-refractivity contribution in [3.63, 3.8) is 0 Å². The van der Waals surface area contributed by atoms with Gasteiger partial charge in [-0.2, -0.15) is 9.40 Å². The highest BCUT2D eigenvalue weighted by Gasteiger charge is 2.41. The number of rotatable bonds is 3. The smallest absolute Gasteiger partial charge is 0.248 e. The zero-order valence-corrected chi connectivity index (χ0v) is 13.5. The molecular formula is C12H22N4O4S. The summed E-state index contributed by atoms with van der Waals surface area (Å²) in [5, 5.41) is 13.3. The highest BCUT2D eigenvalue weighted by Crippen LogP contribution is 2.30. The van der Waals surface area contributed by atoms with Gasteiger partial charge in [-0.1, -0.05) is 0 Å². The highest BCUT2D eigenvalue weighted by molar-refractivity contribution is 7.89. The lowest BCUT2D eigenvalue weighted by molar-refractivity contribution is -0.131. The SMILES string of the molecule is Cc1c(S(=O)(=O)N2CC(CO)OC(C)(C)C2)c(N)nn1C. The van der Waals surface area contributed by atoms with Crippen LogP contribution in [0.5, 0.6) is 0 Å². The third kappa shape index (κ3) is 2.91. The molecular weight excluding hydrogens is 296 g/mol. The molecule has 120 valence electrons. The summed E-state index contributed by atoms with van der Waals surface area (Å²) < 4.78 is 34.1. The van der Waals surface area contributed by atoms with Crippen molar-refractivity contribution in [1.82, 2.24) is 14.1 Å². The van der Waals surface area contributed by atoms with Crippen LogP contribution < -0.4 is 5.73 Å². The molecule has 1 unspecified atom stereocenters. The minimum atomic E-state index is -3.78. The van der Waals surface area contributed by atoms with Crippen molar-refractivity contribution in [3.8, 4) is 0 Å². The van der Waals surface area contributed by atoms with Gasteiger partial charge >= 0.3 is 0 Å². The predicted molar refractivity (Wildman–Crippen MR) is 77.2 cm³/mol. The number of nitrogens with zero attached hydrogens (tertiary/aromatic N) is 3. The van der Waals surface area contributed by atoms with Gasteiger partial charge in [0.15, 0.2) is 5.82 Å². The zero-order chi connectivity index (χ0) is 16.0. The fourth-order valence-corrected chi connectivity index (χ4v) is 4.49. The van der Waals surface area contributed by atoms with Gasteiger partial charge in [0.05, 0.1) is 24.0 Å². The summed E-state index contributed by atoms with van der Waals surface area (Å²) in [5.74, 6) is -0.0140. The van der Waals surface area contributed by atoms with Gasteiger partial charge in [-0.15, -0.1) is 0 Å². The molecule has 0 bridgehead atoms. The maximum absolute atomic E-state index is 12.8. The van der Waals surface area contributed by atoms with Crippen LogP contribution in [0.25, 0.3) is 0 Å². The van der Waals surface area contributed by atoms with Crippen LogP contribution in [0.1, 0.15) is 19.5 Å². The Hall–Kier alpha value is -1.16. The lowest BCUT2D eigenvalue weighted by Gasteiger charge is -2.41. The number of morpholine rings is 1. The Morgan fingerprint density at radius 1 is 1.52 bits per heavy atom. The standard InChI is InChI=1S/C12H22N4O4S/c1-8-10(11(13)14-15(8)4)21(18,19)16-5-9(6-17)20-12(2,3)7-16/h9,17H,5-7H2,1-4H3,(H2,13,14).